The molecule has 0 aliphatic rings. The lowest BCUT2D eigenvalue weighted by atomic mass is 10.1. The fourth-order valence-corrected chi connectivity index (χ4v) is 1.08. The normalized spacial score (nSPS) is 12.5. The van der Waals surface area contributed by atoms with Crippen LogP contribution in [0.3, 0.4) is 0 Å². The highest BCUT2D eigenvalue weighted by Gasteiger charge is 2.22. The third-order valence-electron chi connectivity index (χ3n) is 2.03. The van der Waals surface area contributed by atoms with Gasteiger partial charge in [0.25, 0.3) is 0 Å². The molecule has 0 saturated carbocycles. The molecule has 1 aromatic carbocycles. The maximum absolute atomic E-state index is 13.1. The van der Waals surface area contributed by atoms with E-state index in [0.717, 1.165) is 5.56 Å². The SMILES string of the molecule is CC(C)C(F)C(=O)OCc1ccccc1. The van der Waals surface area contributed by atoms with Crippen LogP contribution in [0.5, 0.6) is 0 Å². The Bertz CT molecular complexity index is 309. The molecule has 1 atom stereocenters. The summed E-state index contributed by atoms with van der Waals surface area (Å²) < 4.78 is 18.0. The van der Waals surface area contributed by atoms with Crippen molar-refractivity contribution in [1.29, 1.82) is 0 Å². The van der Waals surface area contributed by atoms with Gasteiger partial charge in [-0.05, 0) is 11.5 Å². The van der Waals surface area contributed by atoms with Crippen molar-refractivity contribution in [2.45, 2.75) is 26.6 Å². The van der Waals surface area contributed by atoms with E-state index >= 15 is 0 Å². The van der Waals surface area contributed by atoms with Crippen molar-refractivity contribution in [2.75, 3.05) is 0 Å². The van der Waals surface area contributed by atoms with Gasteiger partial charge in [-0.15, -0.1) is 0 Å². The highest BCUT2D eigenvalue weighted by Crippen LogP contribution is 2.09. The lowest BCUT2D eigenvalue weighted by Crippen LogP contribution is -2.23. The van der Waals surface area contributed by atoms with Crippen LogP contribution in [-0.2, 0) is 16.1 Å². The first-order valence-corrected chi connectivity index (χ1v) is 4.96. The van der Waals surface area contributed by atoms with Gasteiger partial charge in [0.1, 0.15) is 6.61 Å². The Morgan fingerprint density at radius 2 is 1.93 bits per heavy atom. The zero-order valence-corrected chi connectivity index (χ0v) is 8.94. The first-order valence-electron chi connectivity index (χ1n) is 4.96. The van der Waals surface area contributed by atoms with E-state index in [4.69, 9.17) is 4.74 Å². The van der Waals surface area contributed by atoms with Crippen molar-refractivity contribution in [3.63, 3.8) is 0 Å². The quantitative estimate of drug-likeness (QED) is 0.714. The highest BCUT2D eigenvalue weighted by atomic mass is 19.1. The molecular formula is C12H15FO2. The number of ether oxygens (including phenoxy) is 1. The Hall–Kier alpha value is -1.38. The molecule has 0 aliphatic heterocycles. The molecule has 2 nitrogen and oxygen atoms in total. The van der Waals surface area contributed by atoms with Crippen LogP contribution in [0.25, 0.3) is 0 Å². The van der Waals surface area contributed by atoms with Gasteiger partial charge in [0.15, 0.2) is 6.17 Å². The number of benzene rings is 1. The Kier molecular flexibility index (Phi) is 4.28. The smallest absolute Gasteiger partial charge is 0.341 e. The van der Waals surface area contributed by atoms with E-state index in [1.54, 1.807) is 13.8 Å². The molecule has 3 heteroatoms. The molecule has 1 rings (SSSR count). The lowest BCUT2D eigenvalue weighted by molar-refractivity contribution is -0.152. The molecule has 0 spiro atoms. The van der Waals surface area contributed by atoms with Gasteiger partial charge < -0.3 is 4.74 Å². The largest absolute Gasteiger partial charge is 0.459 e. The van der Waals surface area contributed by atoms with Crippen LogP contribution >= 0.6 is 0 Å². The number of halogens is 1. The van der Waals surface area contributed by atoms with Crippen molar-refractivity contribution >= 4 is 5.97 Å². The van der Waals surface area contributed by atoms with E-state index in [1.807, 2.05) is 30.3 Å². The Balaban J connectivity index is 2.41. The molecule has 0 amide bonds. The van der Waals surface area contributed by atoms with Crippen LogP contribution in [-0.4, -0.2) is 12.1 Å². The minimum atomic E-state index is -1.53. The van der Waals surface area contributed by atoms with Crippen LogP contribution in [0.2, 0.25) is 0 Å². The number of carbonyl (C=O) groups is 1. The number of carbonyl (C=O) groups excluding carboxylic acids is 1. The molecule has 1 unspecified atom stereocenters. The summed E-state index contributed by atoms with van der Waals surface area (Å²) in [5, 5.41) is 0. The summed E-state index contributed by atoms with van der Waals surface area (Å²) in [6.07, 6.45) is -1.53. The Labute approximate surface area is 89.1 Å². The molecule has 0 aromatic heterocycles. The second-order valence-electron chi connectivity index (χ2n) is 3.74. The maximum Gasteiger partial charge on any atom is 0.341 e. The second kappa shape index (κ2) is 5.49. The minimum absolute atomic E-state index is 0.132. The number of hydrogen-bond acceptors (Lipinski definition) is 2. The Morgan fingerprint density at radius 1 is 1.33 bits per heavy atom. The van der Waals surface area contributed by atoms with Gasteiger partial charge in [-0.25, -0.2) is 9.18 Å². The third-order valence-corrected chi connectivity index (χ3v) is 2.03. The molecule has 0 heterocycles. The van der Waals surface area contributed by atoms with Crippen LogP contribution < -0.4 is 0 Å². The zero-order chi connectivity index (χ0) is 11.3. The third kappa shape index (κ3) is 3.70. The summed E-state index contributed by atoms with van der Waals surface area (Å²) in [5.41, 5.74) is 0.863. The van der Waals surface area contributed by atoms with Gasteiger partial charge >= 0.3 is 5.97 Å². The van der Waals surface area contributed by atoms with Gasteiger partial charge in [0, 0.05) is 0 Å². The molecular weight excluding hydrogens is 195 g/mol. The number of hydrogen-bond donors (Lipinski definition) is 0. The molecule has 82 valence electrons. The number of rotatable bonds is 4. The van der Waals surface area contributed by atoms with Crippen LogP contribution in [0, 0.1) is 5.92 Å². The predicted octanol–water partition coefficient (Wildman–Crippen LogP) is 2.72. The molecule has 0 fully saturated rings. The van der Waals surface area contributed by atoms with Gasteiger partial charge in [-0.2, -0.15) is 0 Å². The first-order chi connectivity index (χ1) is 7.11. The fraction of sp³-hybridized carbons (Fsp3) is 0.417. The van der Waals surface area contributed by atoms with Crippen LogP contribution in [0.4, 0.5) is 4.39 Å². The monoisotopic (exact) mass is 210 g/mol. The summed E-state index contributed by atoms with van der Waals surface area (Å²) in [6, 6.07) is 9.22. The lowest BCUT2D eigenvalue weighted by Gasteiger charge is -2.11. The molecule has 0 radical (unpaired) electrons. The van der Waals surface area contributed by atoms with Gasteiger partial charge in [-0.3, -0.25) is 0 Å². The first kappa shape index (κ1) is 11.7. The van der Waals surface area contributed by atoms with E-state index in [0.29, 0.717) is 0 Å². The van der Waals surface area contributed by atoms with E-state index in [1.165, 1.54) is 0 Å². The predicted molar refractivity (Wildman–Crippen MR) is 56.0 cm³/mol. The van der Waals surface area contributed by atoms with Crippen molar-refractivity contribution in [1.82, 2.24) is 0 Å². The summed E-state index contributed by atoms with van der Waals surface area (Å²) in [4.78, 5) is 11.2. The molecule has 0 aliphatic carbocycles. The van der Waals surface area contributed by atoms with Gasteiger partial charge in [0.05, 0.1) is 0 Å². The average molecular weight is 210 g/mol. The standard InChI is InChI=1S/C12H15FO2/c1-9(2)11(13)12(14)15-8-10-6-4-3-5-7-10/h3-7,9,11H,8H2,1-2H3. The summed E-state index contributed by atoms with van der Waals surface area (Å²) in [5.74, 6) is -1.12. The molecule has 15 heavy (non-hydrogen) atoms. The van der Waals surface area contributed by atoms with Crippen molar-refractivity contribution in [2.24, 2.45) is 5.92 Å². The van der Waals surface area contributed by atoms with Crippen molar-refractivity contribution in [3.05, 3.63) is 35.9 Å². The van der Waals surface area contributed by atoms with E-state index < -0.39 is 12.1 Å². The van der Waals surface area contributed by atoms with E-state index in [9.17, 15) is 9.18 Å². The summed E-state index contributed by atoms with van der Waals surface area (Å²) in [7, 11) is 0. The number of alkyl halides is 1. The number of esters is 1. The average Bonchev–Trinajstić information content (AvgIpc) is 2.26. The molecule has 0 N–H and O–H groups in total. The molecule has 1 aromatic rings. The van der Waals surface area contributed by atoms with Crippen LogP contribution in [0.15, 0.2) is 30.3 Å². The maximum atomic E-state index is 13.1. The second-order valence-corrected chi connectivity index (χ2v) is 3.74. The van der Waals surface area contributed by atoms with Gasteiger partial charge in [0.2, 0.25) is 0 Å². The summed E-state index contributed by atoms with van der Waals surface area (Å²) >= 11 is 0. The topological polar surface area (TPSA) is 26.3 Å². The van der Waals surface area contributed by atoms with E-state index in [2.05, 4.69) is 0 Å². The van der Waals surface area contributed by atoms with Gasteiger partial charge in [-0.1, -0.05) is 44.2 Å². The van der Waals surface area contributed by atoms with Crippen molar-refractivity contribution < 1.29 is 13.9 Å². The Morgan fingerprint density at radius 3 is 2.47 bits per heavy atom. The fourth-order valence-electron chi connectivity index (χ4n) is 1.08. The zero-order valence-electron chi connectivity index (χ0n) is 8.94. The minimum Gasteiger partial charge on any atom is -0.459 e. The van der Waals surface area contributed by atoms with Crippen molar-refractivity contribution in [3.8, 4) is 0 Å². The summed E-state index contributed by atoms with van der Waals surface area (Å²) in [6.45, 7) is 3.43. The highest BCUT2D eigenvalue weighted by molar-refractivity contribution is 5.74. The van der Waals surface area contributed by atoms with E-state index in [-0.39, 0.29) is 12.5 Å². The molecule has 0 bridgehead atoms. The molecule has 0 saturated heterocycles. The van der Waals surface area contributed by atoms with Crippen LogP contribution in [0.1, 0.15) is 19.4 Å².